The first-order valence-corrected chi connectivity index (χ1v) is 3.28. The molecule has 2 heteroatoms. The fourth-order valence-corrected chi connectivity index (χ4v) is 1.23. The van der Waals surface area contributed by atoms with E-state index in [9.17, 15) is 0 Å². The molecule has 0 spiro atoms. The van der Waals surface area contributed by atoms with Crippen molar-refractivity contribution in [3.63, 3.8) is 0 Å². The minimum Gasteiger partial charge on any atom is -0.318 e. The van der Waals surface area contributed by atoms with Gasteiger partial charge in [-0.25, -0.2) is 0 Å². The van der Waals surface area contributed by atoms with Gasteiger partial charge in [0.2, 0.25) is 0 Å². The largest absolute Gasteiger partial charge is 0.318 e. The molecule has 0 saturated carbocycles. The average Bonchev–Trinajstić information content (AvgIpc) is 1.84. The first-order chi connectivity index (χ1) is 4.25. The lowest BCUT2D eigenvalue weighted by molar-refractivity contribution is 0.206. The Kier molecular flexibility index (Phi) is 1.88. The van der Waals surface area contributed by atoms with Gasteiger partial charge in [0.15, 0.2) is 0 Å². The van der Waals surface area contributed by atoms with E-state index in [4.69, 9.17) is 0 Å². The van der Waals surface area contributed by atoms with Crippen LogP contribution in [0.1, 0.15) is 0 Å². The topological polar surface area (TPSA) is 15.3 Å². The summed E-state index contributed by atoms with van der Waals surface area (Å²) in [4.78, 5) is 2.29. The third-order valence-electron chi connectivity index (χ3n) is 1.85. The van der Waals surface area contributed by atoms with Gasteiger partial charge in [-0.15, -0.1) is 0 Å². The molecule has 1 rings (SSSR count). The highest BCUT2D eigenvalue weighted by atomic mass is 15.2. The molecule has 1 atom stereocenters. The molecule has 0 aromatic carbocycles. The first-order valence-electron chi connectivity index (χ1n) is 3.28. The van der Waals surface area contributed by atoms with E-state index in [1.807, 2.05) is 7.05 Å². The second-order valence-corrected chi connectivity index (χ2v) is 2.65. The van der Waals surface area contributed by atoms with Crippen LogP contribution < -0.4 is 5.32 Å². The van der Waals surface area contributed by atoms with Crippen LogP contribution in [0.5, 0.6) is 0 Å². The Balaban J connectivity index is 2.30. The predicted molar refractivity (Wildman–Crippen MR) is 39.5 cm³/mol. The molecule has 1 aliphatic rings. The molecule has 1 aliphatic heterocycles. The van der Waals surface area contributed by atoms with Crippen LogP contribution in [0.2, 0.25) is 0 Å². The van der Waals surface area contributed by atoms with Crippen LogP contribution in [0.15, 0.2) is 12.2 Å². The van der Waals surface area contributed by atoms with E-state index >= 15 is 0 Å². The molecule has 0 radical (unpaired) electrons. The monoisotopic (exact) mass is 126 g/mol. The number of likely N-dealkylation sites (N-methyl/N-ethyl adjacent to an activating group) is 2. The quantitative estimate of drug-likeness (QED) is 0.527. The molecule has 0 unspecified atom stereocenters. The SMILES string of the molecule is C=C1CN(C)[C@@H]1CNC. The van der Waals surface area contributed by atoms with E-state index in [1.54, 1.807) is 0 Å². The summed E-state index contributed by atoms with van der Waals surface area (Å²) in [7, 11) is 4.09. The molecule has 0 aromatic heterocycles. The standard InChI is InChI=1S/C7H14N2/c1-6-5-9(3)7(6)4-8-2/h7-8H,1,4-5H2,2-3H3/t7-/m1/s1. The van der Waals surface area contributed by atoms with Gasteiger partial charge in [0.05, 0.1) is 0 Å². The Morgan fingerprint density at radius 1 is 1.89 bits per heavy atom. The van der Waals surface area contributed by atoms with Gasteiger partial charge in [0.1, 0.15) is 0 Å². The molecule has 0 amide bonds. The van der Waals surface area contributed by atoms with Gasteiger partial charge in [0.25, 0.3) is 0 Å². The summed E-state index contributed by atoms with van der Waals surface area (Å²) < 4.78 is 0. The fraction of sp³-hybridized carbons (Fsp3) is 0.714. The summed E-state index contributed by atoms with van der Waals surface area (Å²) in [6, 6.07) is 0.593. The molecule has 2 nitrogen and oxygen atoms in total. The first kappa shape index (κ1) is 6.78. The molecular formula is C7H14N2. The Bertz CT molecular complexity index is 120. The smallest absolute Gasteiger partial charge is 0.0442 e. The van der Waals surface area contributed by atoms with Gasteiger partial charge >= 0.3 is 0 Å². The van der Waals surface area contributed by atoms with Crippen LogP contribution in [0.3, 0.4) is 0 Å². The second kappa shape index (κ2) is 2.50. The van der Waals surface area contributed by atoms with Gasteiger partial charge in [-0.3, -0.25) is 4.90 Å². The van der Waals surface area contributed by atoms with E-state index in [1.165, 1.54) is 5.57 Å². The second-order valence-electron chi connectivity index (χ2n) is 2.65. The van der Waals surface area contributed by atoms with E-state index in [0.717, 1.165) is 13.1 Å². The molecule has 0 aromatic rings. The summed E-state index contributed by atoms with van der Waals surface area (Å²) in [5, 5.41) is 3.13. The van der Waals surface area contributed by atoms with Gasteiger partial charge in [-0.1, -0.05) is 6.58 Å². The van der Waals surface area contributed by atoms with Crippen LogP contribution in [0.4, 0.5) is 0 Å². The minimum absolute atomic E-state index is 0.593. The van der Waals surface area contributed by atoms with Crippen molar-refractivity contribution < 1.29 is 0 Å². The van der Waals surface area contributed by atoms with E-state index in [2.05, 4.69) is 23.8 Å². The number of rotatable bonds is 2. The minimum atomic E-state index is 0.593. The van der Waals surface area contributed by atoms with Crippen LogP contribution in [-0.4, -0.2) is 38.1 Å². The lowest BCUT2D eigenvalue weighted by Crippen LogP contribution is -2.51. The Morgan fingerprint density at radius 2 is 2.56 bits per heavy atom. The number of nitrogens with one attached hydrogen (secondary N) is 1. The van der Waals surface area contributed by atoms with Crippen molar-refractivity contribution in [2.75, 3.05) is 27.2 Å². The zero-order chi connectivity index (χ0) is 6.85. The highest BCUT2D eigenvalue weighted by Crippen LogP contribution is 2.18. The third kappa shape index (κ3) is 1.14. The van der Waals surface area contributed by atoms with Crippen LogP contribution >= 0.6 is 0 Å². The van der Waals surface area contributed by atoms with Crippen molar-refractivity contribution in [2.45, 2.75) is 6.04 Å². The van der Waals surface area contributed by atoms with Gasteiger partial charge in [-0.05, 0) is 19.7 Å². The van der Waals surface area contributed by atoms with Crippen molar-refractivity contribution in [1.29, 1.82) is 0 Å². The van der Waals surface area contributed by atoms with Gasteiger partial charge < -0.3 is 5.32 Å². The maximum absolute atomic E-state index is 3.93. The van der Waals surface area contributed by atoms with Crippen molar-refractivity contribution >= 4 is 0 Å². The number of nitrogens with zero attached hydrogens (tertiary/aromatic N) is 1. The number of hydrogen-bond donors (Lipinski definition) is 1. The molecule has 1 saturated heterocycles. The molecular weight excluding hydrogens is 112 g/mol. The van der Waals surface area contributed by atoms with Crippen LogP contribution in [0, 0.1) is 0 Å². The van der Waals surface area contributed by atoms with E-state index in [-0.39, 0.29) is 0 Å². The van der Waals surface area contributed by atoms with E-state index in [0.29, 0.717) is 6.04 Å². The lowest BCUT2D eigenvalue weighted by Gasteiger charge is -2.40. The molecule has 1 N–H and O–H groups in total. The summed E-state index contributed by atoms with van der Waals surface area (Å²) in [6.07, 6.45) is 0. The van der Waals surface area contributed by atoms with E-state index < -0.39 is 0 Å². The number of hydrogen-bond acceptors (Lipinski definition) is 2. The Hall–Kier alpha value is -0.340. The summed E-state index contributed by atoms with van der Waals surface area (Å²) >= 11 is 0. The van der Waals surface area contributed by atoms with Crippen molar-refractivity contribution in [1.82, 2.24) is 10.2 Å². The van der Waals surface area contributed by atoms with Crippen LogP contribution in [0.25, 0.3) is 0 Å². The molecule has 0 aliphatic carbocycles. The summed E-state index contributed by atoms with van der Waals surface area (Å²) in [5.41, 5.74) is 1.35. The molecule has 1 heterocycles. The third-order valence-corrected chi connectivity index (χ3v) is 1.85. The van der Waals surface area contributed by atoms with Crippen molar-refractivity contribution in [3.05, 3.63) is 12.2 Å². The predicted octanol–water partition coefficient (Wildman–Crippen LogP) is 0.0760. The number of likely N-dealkylation sites (tertiary alicyclic amines) is 1. The summed E-state index contributed by atoms with van der Waals surface area (Å²) in [5.74, 6) is 0. The maximum atomic E-state index is 3.93. The zero-order valence-electron chi connectivity index (χ0n) is 6.15. The highest BCUT2D eigenvalue weighted by Gasteiger charge is 2.26. The summed E-state index contributed by atoms with van der Waals surface area (Å²) in [6.45, 7) is 6.04. The Labute approximate surface area is 56.5 Å². The zero-order valence-corrected chi connectivity index (χ0v) is 6.15. The van der Waals surface area contributed by atoms with Crippen LogP contribution in [-0.2, 0) is 0 Å². The van der Waals surface area contributed by atoms with Crippen molar-refractivity contribution in [3.8, 4) is 0 Å². The highest BCUT2D eigenvalue weighted by molar-refractivity contribution is 5.17. The normalized spacial score (nSPS) is 28.2. The van der Waals surface area contributed by atoms with Gasteiger partial charge in [-0.2, -0.15) is 0 Å². The maximum Gasteiger partial charge on any atom is 0.0442 e. The Morgan fingerprint density at radius 3 is 2.78 bits per heavy atom. The molecule has 9 heavy (non-hydrogen) atoms. The fourth-order valence-electron chi connectivity index (χ4n) is 1.23. The average molecular weight is 126 g/mol. The lowest BCUT2D eigenvalue weighted by atomic mass is 9.99. The molecule has 1 fully saturated rings. The van der Waals surface area contributed by atoms with Crippen molar-refractivity contribution in [2.24, 2.45) is 0 Å². The van der Waals surface area contributed by atoms with Gasteiger partial charge in [0, 0.05) is 19.1 Å². The molecule has 0 bridgehead atoms. The molecule has 52 valence electrons.